The van der Waals surface area contributed by atoms with Crippen molar-refractivity contribution >= 4 is 17.6 Å². The van der Waals surface area contributed by atoms with Crippen molar-refractivity contribution in [2.24, 2.45) is 0 Å². The van der Waals surface area contributed by atoms with E-state index in [0.29, 0.717) is 6.07 Å². The van der Waals surface area contributed by atoms with Gasteiger partial charge in [-0.15, -0.1) is 0 Å². The molecule has 5 nitrogen and oxygen atoms in total. The lowest BCUT2D eigenvalue weighted by atomic mass is 9.96. The molecule has 2 aromatic carbocycles. The molecule has 1 atom stereocenters. The zero-order valence-electron chi connectivity index (χ0n) is 15.0. The third kappa shape index (κ3) is 3.02. The number of ether oxygens (including phenoxy) is 1. The van der Waals surface area contributed by atoms with Crippen LogP contribution in [0.1, 0.15) is 12.5 Å². The average Bonchev–Trinajstić information content (AvgIpc) is 2.66. The zero-order valence-corrected chi connectivity index (χ0v) is 15.0. The summed E-state index contributed by atoms with van der Waals surface area (Å²) in [6, 6.07) is -0.460. The number of amides is 1. The lowest BCUT2D eigenvalue weighted by Gasteiger charge is -2.36. The maximum Gasteiger partial charge on any atom is 0.483 e. The second-order valence-corrected chi connectivity index (χ2v) is 6.39. The number of nitrogens with zero attached hydrogens (tertiary/aromatic N) is 1. The van der Waals surface area contributed by atoms with Gasteiger partial charge in [-0.05, 0) is 37.1 Å². The summed E-state index contributed by atoms with van der Waals surface area (Å²) in [5.41, 5.74) is -2.92. The van der Waals surface area contributed by atoms with E-state index >= 15 is 0 Å². The first-order chi connectivity index (χ1) is 13.8. The van der Waals surface area contributed by atoms with E-state index in [1.807, 2.05) is 0 Å². The molecule has 160 valence electrons. The summed E-state index contributed by atoms with van der Waals surface area (Å²) in [6.07, 6.45) is -4.45. The number of hydrogen-bond donors (Lipinski definition) is 1. The predicted molar refractivity (Wildman–Crippen MR) is 86.6 cm³/mol. The molecule has 2 aromatic rings. The smallest absolute Gasteiger partial charge is 0.480 e. The minimum absolute atomic E-state index is 0.107. The molecule has 0 saturated carbocycles. The van der Waals surface area contributed by atoms with E-state index in [9.17, 15) is 40.3 Å². The first-order valence-electron chi connectivity index (χ1n) is 8.09. The summed E-state index contributed by atoms with van der Waals surface area (Å²) in [7, 11) is 0. The molecular formula is C18H10F7NO4. The van der Waals surface area contributed by atoms with Crippen LogP contribution in [0.4, 0.5) is 36.4 Å². The Morgan fingerprint density at radius 2 is 1.53 bits per heavy atom. The van der Waals surface area contributed by atoms with Crippen LogP contribution < -0.4 is 9.64 Å². The van der Waals surface area contributed by atoms with Crippen molar-refractivity contribution in [3.05, 3.63) is 46.8 Å². The van der Waals surface area contributed by atoms with E-state index in [-0.39, 0.29) is 10.5 Å². The molecule has 0 radical (unpaired) electrons. The van der Waals surface area contributed by atoms with Gasteiger partial charge in [-0.25, -0.2) is 26.7 Å². The van der Waals surface area contributed by atoms with Gasteiger partial charge in [0.05, 0.1) is 11.3 Å². The Bertz CT molecular complexity index is 1070. The topological polar surface area (TPSA) is 66.8 Å². The van der Waals surface area contributed by atoms with Gasteiger partial charge in [0.15, 0.2) is 29.0 Å². The van der Waals surface area contributed by atoms with Crippen molar-refractivity contribution in [3.63, 3.8) is 0 Å². The van der Waals surface area contributed by atoms with Crippen LogP contribution in [0.15, 0.2) is 12.1 Å². The molecule has 1 heterocycles. The molecule has 30 heavy (non-hydrogen) atoms. The summed E-state index contributed by atoms with van der Waals surface area (Å²) in [4.78, 5) is 23.4. The lowest BCUT2D eigenvalue weighted by molar-refractivity contribution is -0.193. The minimum atomic E-state index is -4.45. The number of carboxylic acid groups (broad SMARTS) is 1. The number of hydrogen-bond acceptors (Lipinski definition) is 3. The Morgan fingerprint density at radius 3 is 2.03 bits per heavy atom. The average molecular weight is 437 g/mol. The van der Waals surface area contributed by atoms with E-state index in [1.54, 1.807) is 0 Å². The van der Waals surface area contributed by atoms with Gasteiger partial charge in [-0.1, -0.05) is 0 Å². The summed E-state index contributed by atoms with van der Waals surface area (Å²) >= 11 is 0. The monoisotopic (exact) mass is 437 g/mol. The highest BCUT2D eigenvalue weighted by Crippen LogP contribution is 2.45. The van der Waals surface area contributed by atoms with Gasteiger partial charge in [0.1, 0.15) is 6.04 Å². The molecule has 0 unspecified atom stereocenters. The highest BCUT2D eigenvalue weighted by Gasteiger charge is 2.53. The largest absolute Gasteiger partial charge is 0.483 e. The Kier molecular flexibility index (Phi) is 4.91. The highest BCUT2D eigenvalue weighted by atomic mass is 19.3. The van der Waals surface area contributed by atoms with Crippen LogP contribution in [0, 0.1) is 36.0 Å². The molecule has 1 aliphatic heterocycles. The fraction of sp³-hybridized carbons (Fsp3) is 0.222. The number of carboxylic acids is 1. The van der Waals surface area contributed by atoms with E-state index in [2.05, 4.69) is 4.74 Å². The molecule has 1 aliphatic rings. The molecule has 0 spiro atoms. The van der Waals surface area contributed by atoms with Crippen LogP contribution in [-0.4, -0.2) is 29.1 Å². The van der Waals surface area contributed by atoms with Crippen LogP contribution in [-0.2, 0) is 9.59 Å². The molecule has 3 rings (SSSR count). The highest BCUT2D eigenvalue weighted by molar-refractivity contribution is 6.05. The summed E-state index contributed by atoms with van der Waals surface area (Å²) in [5, 5.41) is 9.14. The Hall–Kier alpha value is -3.31. The first kappa shape index (κ1) is 21.4. The lowest BCUT2D eigenvalue weighted by Crippen LogP contribution is -2.55. The fourth-order valence-corrected chi connectivity index (χ4v) is 2.98. The van der Waals surface area contributed by atoms with E-state index in [0.717, 1.165) is 19.9 Å². The Balaban J connectivity index is 2.34. The molecule has 12 heteroatoms. The van der Waals surface area contributed by atoms with Gasteiger partial charge in [0.2, 0.25) is 5.82 Å². The quantitative estimate of drug-likeness (QED) is 0.445. The maximum atomic E-state index is 14.2. The maximum absolute atomic E-state index is 14.2. The Morgan fingerprint density at radius 1 is 1.03 bits per heavy atom. The van der Waals surface area contributed by atoms with E-state index in [4.69, 9.17) is 5.11 Å². The van der Waals surface area contributed by atoms with Gasteiger partial charge in [0, 0.05) is 0 Å². The van der Waals surface area contributed by atoms with Crippen LogP contribution in [0.2, 0.25) is 0 Å². The SMILES string of the molecule is Cc1cc2c(cc1-c1c(F)c(F)c(F)c(F)c1F)N([C@@H](C)C(=O)O)C(=O)C(F)(F)O2. The fourth-order valence-electron chi connectivity index (χ4n) is 2.98. The molecule has 1 N–H and O–H groups in total. The number of fused-ring (bicyclic) bond motifs is 1. The number of carbonyl (C=O) groups is 2. The zero-order chi connectivity index (χ0) is 22.7. The standard InChI is InChI=1S/C18H10F7NO4/c1-5-3-9-8(26(6(2)16(27)28)17(29)18(24,25)30-9)4-7(5)10-11(19)13(21)15(23)14(22)12(10)20/h3-4,6H,1-2H3,(H,27,28)/t6-/m0/s1. The summed E-state index contributed by atoms with van der Waals surface area (Å²) in [5.74, 6) is -15.8. The van der Waals surface area contributed by atoms with Crippen molar-refractivity contribution in [1.29, 1.82) is 0 Å². The normalized spacial score (nSPS) is 16.2. The number of aliphatic carboxylic acids is 1. The van der Waals surface area contributed by atoms with Crippen molar-refractivity contribution < 1.29 is 50.2 Å². The molecular weight excluding hydrogens is 427 g/mol. The van der Waals surface area contributed by atoms with E-state index < -0.39 is 75.7 Å². The number of alkyl halides is 2. The molecule has 0 saturated heterocycles. The Labute approximate surface area is 163 Å². The van der Waals surface area contributed by atoms with Crippen LogP contribution >= 0.6 is 0 Å². The number of carbonyl (C=O) groups excluding carboxylic acids is 1. The first-order valence-corrected chi connectivity index (χ1v) is 8.09. The van der Waals surface area contributed by atoms with Crippen LogP contribution in [0.3, 0.4) is 0 Å². The van der Waals surface area contributed by atoms with Gasteiger partial charge >= 0.3 is 18.0 Å². The van der Waals surface area contributed by atoms with Crippen LogP contribution in [0.25, 0.3) is 11.1 Å². The van der Waals surface area contributed by atoms with Crippen molar-refractivity contribution in [2.75, 3.05) is 4.90 Å². The number of halogens is 7. The summed E-state index contributed by atoms with van der Waals surface area (Å²) < 4.78 is 101. The second kappa shape index (κ2) is 6.89. The van der Waals surface area contributed by atoms with Gasteiger partial charge in [-0.3, -0.25) is 9.69 Å². The van der Waals surface area contributed by atoms with Gasteiger partial charge in [-0.2, -0.15) is 8.78 Å². The molecule has 0 aromatic heterocycles. The molecule has 0 bridgehead atoms. The number of anilines is 1. The van der Waals surface area contributed by atoms with Crippen molar-refractivity contribution in [1.82, 2.24) is 0 Å². The predicted octanol–water partition coefficient (Wildman–Crippen LogP) is 4.15. The third-order valence-corrected chi connectivity index (χ3v) is 4.50. The van der Waals surface area contributed by atoms with Crippen molar-refractivity contribution in [3.8, 4) is 16.9 Å². The third-order valence-electron chi connectivity index (χ3n) is 4.50. The molecule has 1 amide bonds. The second-order valence-electron chi connectivity index (χ2n) is 6.39. The number of benzene rings is 2. The van der Waals surface area contributed by atoms with Gasteiger partial charge < -0.3 is 9.84 Å². The van der Waals surface area contributed by atoms with E-state index in [1.165, 1.54) is 0 Å². The van der Waals surface area contributed by atoms with Crippen LogP contribution in [0.5, 0.6) is 5.75 Å². The van der Waals surface area contributed by atoms with Gasteiger partial charge in [0.25, 0.3) is 0 Å². The number of aryl methyl sites for hydroxylation is 1. The molecule has 0 fully saturated rings. The molecule has 0 aliphatic carbocycles. The summed E-state index contributed by atoms with van der Waals surface area (Å²) in [6.45, 7) is 1.99. The minimum Gasteiger partial charge on any atom is -0.480 e. The van der Waals surface area contributed by atoms with Crippen molar-refractivity contribution in [2.45, 2.75) is 26.0 Å². The number of rotatable bonds is 3.